The summed E-state index contributed by atoms with van der Waals surface area (Å²) in [5, 5.41) is 7.83. The van der Waals surface area contributed by atoms with E-state index in [-0.39, 0.29) is 0 Å². The lowest BCUT2D eigenvalue weighted by atomic mass is 9.85. The van der Waals surface area contributed by atoms with Crippen molar-refractivity contribution in [1.82, 2.24) is 0 Å². The molecule has 0 spiro atoms. The first-order chi connectivity index (χ1) is 17.5. The molecule has 180 valence electrons. The third kappa shape index (κ3) is 3.13. The van der Waals surface area contributed by atoms with Crippen LogP contribution in [0.2, 0.25) is 0 Å². The molecule has 1 aliphatic carbocycles. The summed E-state index contributed by atoms with van der Waals surface area (Å²) < 4.78 is 9.26. The molecular weight excluding hydrogens is 438 g/mol. The van der Waals surface area contributed by atoms with Gasteiger partial charge in [0.25, 0.3) is 0 Å². The molecular formula is C34H34NO+. The molecule has 7 rings (SSSR count). The van der Waals surface area contributed by atoms with E-state index in [0.29, 0.717) is 11.8 Å². The predicted octanol–water partition coefficient (Wildman–Crippen LogP) is 8.91. The Morgan fingerprint density at radius 1 is 0.917 bits per heavy atom. The third-order valence-corrected chi connectivity index (χ3v) is 8.64. The molecule has 2 nitrogen and oxygen atoms in total. The maximum Gasteiger partial charge on any atom is 0.228 e. The van der Waals surface area contributed by atoms with Gasteiger partial charge in [0, 0.05) is 17.0 Å². The van der Waals surface area contributed by atoms with Crippen LogP contribution in [0.4, 0.5) is 0 Å². The van der Waals surface area contributed by atoms with Gasteiger partial charge < -0.3 is 4.74 Å². The average molecular weight is 473 g/mol. The Bertz CT molecular complexity index is 1690. The zero-order chi connectivity index (χ0) is 24.6. The van der Waals surface area contributed by atoms with E-state index >= 15 is 0 Å². The van der Waals surface area contributed by atoms with Crippen LogP contribution in [0.15, 0.2) is 60.8 Å². The van der Waals surface area contributed by atoms with Crippen LogP contribution in [0.3, 0.4) is 0 Å². The first-order valence-electron chi connectivity index (χ1n) is 13.6. The topological polar surface area (TPSA) is 13.1 Å². The van der Waals surface area contributed by atoms with Crippen molar-refractivity contribution in [3.8, 4) is 22.8 Å². The van der Waals surface area contributed by atoms with Gasteiger partial charge in [-0.1, -0.05) is 69.2 Å². The fourth-order valence-electron chi connectivity index (χ4n) is 6.93. The Morgan fingerprint density at radius 2 is 1.69 bits per heavy atom. The summed E-state index contributed by atoms with van der Waals surface area (Å²) >= 11 is 0. The highest BCUT2D eigenvalue weighted by molar-refractivity contribution is 6.16. The Hall–Kier alpha value is -3.39. The van der Waals surface area contributed by atoms with E-state index in [2.05, 4.69) is 93.2 Å². The fraction of sp³-hybridized carbons (Fsp3) is 0.324. The van der Waals surface area contributed by atoms with Gasteiger partial charge in [-0.2, -0.15) is 0 Å². The predicted molar refractivity (Wildman–Crippen MR) is 150 cm³/mol. The largest absolute Gasteiger partial charge is 0.455 e. The van der Waals surface area contributed by atoms with Crippen LogP contribution < -0.4 is 9.30 Å². The number of pyridine rings is 1. The molecule has 0 radical (unpaired) electrons. The lowest BCUT2D eigenvalue weighted by Gasteiger charge is -2.26. The van der Waals surface area contributed by atoms with E-state index in [0.717, 1.165) is 17.9 Å². The van der Waals surface area contributed by atoms with E-state index in [9.17, 15) is 0 Å². The molecule has 0 bridgehead atoms. The summed E-state index contributed by atoms with van der Waals surface area (Å²) in [5.41, 5.74) is 6.69. The Morgan fingerprint density at radius 3 is 2.47 bits per heavy atom. The van der Waals surface area contributed by atoms with Gasteiger partial charge in [0.05, 0.1) is 10.9 Å². The van der Waals surface area contributed by atoms with Gasteiger partial charge in [-0.3, -0.25) is 0 Å². The number of rotatable bonds is 3. The zero-order valence-corrected chi connectivity index (χ0v) is 21.8. The Kier molecular flexibility index (Phi) is 4.90. The second-order valence-electron chi connectivity index (χ2n) is 11.5. The second kappa shape index (κ2) is 8.06. The van der Waals surface area contributed by atoms with Crippen LogP contribution in [0.25, 0.3) is 43.6 Å². The average Bonchev–Trinajstić information content (AvgIpc) is 3.42. The summed E-state index contributed by atoms with van der Waals surface area (Å²) in [7, 11) is 2.18. The maximum absolute atomic E-state index is 6.95. The molecule has 1 fully saturated rings. The van der Waals surface area contributed by atoms with Crippen molar-refractivity contribution in [2.75, 3.05) is 0 Å². The molecule has 36 heavy (non-hydrogen) atoms. The van der Waals surface area contributed by atoms with Crippen LogP contribution in [0, 0.1) is 12.8 Å². The van der Waals surface area contributed by atoms with E-state index in [1.807, 2.05) is 0 Å². The minimum absolute atomic E-state index is 0.542. The lowest BCUT2D eigenvalue weighted by Crippen LogP contribution is -2.32. The summed E-state index contributed by atoms with van der Waals surface area (Å²) in [6.45, 7) is 6.87. The lowest BCUT2D eigenvalue weighted by molar-refractivity contribution is -0.659. The molecule has 0 N–H and O–H groups in total. The van der Waals surface area contributed by atoms with E-state index < -0.39 is 0 Å². The highest BCUT2D eigenvalue weighted by Gasteiger charge is 2.33. The minimum Gasteiger partial charge on any atom is -0.455 e. The number of fused-ring (bicyclic) bond motifs is 5. The maximum atomic E-state index is 6.95. The first kappa shape index (κ1) is 21.9. The summed E-state index contributed by atoms with van der Waals surface area (Å²) in [6.07, 6.45) is 8.61. The highest BCUT2D eigenvalue weighted by atomic mass is 16.5. The SMILES string of the molecule is Cc1c2c(c(CC(C)C)c3ccccc13)Oc1cc3ccc(C4CCCC4)cc3c3cc[n+](C)c-2c13. The van der Waals surface area contributed by atoms with Crippen molar-refractivity contribution in [3.05, 3.63) is 77.5 Å². The number of nitrogens with zero attached hydrogens (tertiary/aromatic N) is 1. The van der Waals surface area contributed by atoms with Crippen LogP contribution in [-0.2, 0) is 13.5 Å². The van der Waals surface area contributed by atoms with Gasteiger partial charge in [-0.05, 0) is 76.8 Å². The molecule has 0 saturated heterocycles. The van der Waals surface area contributed by atoms with Gasteiger partial charge >= 0.3 is 0 Å². The van der Waals surface area contributed by atoms with Crippen molar-refractivity contribution in [1.29, 1.82) is 0 Å². The molecule has 0 unspecified atom stereocenters. The van der Waals surface area contributed by atoms with Crippen molar-refractivity contribution in [3.63, 3.8) is 0 Å². The molecule has 0 atom stereocenters. The van der Waals surface area contributed by atoms with Crippen LogP contribution in [0.5, 0.6) is 11.5 Å². The van der Waals surface area contributed by atoms with E-state index in [1.54, 1.807) is 0 Å². The summed E-state index contributed by atoms with van der Waals surface area (Å²) in [5.74, 6) is 3.29. The van der Waals surface area contributed by atoms with Gasteiger partial charge in [0.1, 0.15) is 18.5 Å². The molecule has 2 aliphatic rings. The smallest absolute Gasteiger partial charge is 0.228 e. The molecule has 5 aromatic rings. The van der Waals surface area contributed by atoms with Gasteiger partial charge in [0.15, 0.2) is 6.20 Å². The van der Waals surface area contributed by atoms with Crippen molar-refractivity contribution in [2.24, 2.45) is 13.0 Å². The van der Waals surface area contributed by atoms with Crippen molar-refractivity contribution < 1.29 is 9.30 Å². The normalized spacial score (nSPS) is 15.2. The number of aryl methyl sites for hydroxylation is 2. The van der Waals surface area contributed by atoms with E-state index in [1.165, 1.54) is 85.9 Å². The summed E-state index contributed by atoms with van der Waals surface area (Å²) in [4.78, 5) is 0. The van der Waals surface area contributed by atoms with Gasteiger partial charge in [0.2, 0.25) is 5.69 Å². The standard InChI is InChI=1S/C34H34NO/c1-20(2)17-29-26-12-8-7-11-25(26)21(3)31-33-32-27(15-16-35(33)4)28-18-23(22-9-5-6-10-22)13-14-24(28)19-30(32)36-34(29)31/h7-8,11-16,18-20,22H,5-6,9-10,17H2,1-4H3/q+1. The number of aromatic nitrogens is 1. The van der Waals surface area contributed by atoms with E-state index in [4.69, 9.17) is 4.74 Å². The minimum atomic E-state index is 0.542. The zero-order valence-electron chi connectivity index (χ0n) is 21.8. The van der Waals surface area contributed by atoms with Crippen LogP contribution in [-0.4, -0.2) is 0 Å². The van der Waals surface area contributed by atoms with Gasteiger partial charge in [-0.15, -0.1) is 0 Å². The number of ether oxygens (including phenoxy) is 1. The van der Waals surface area contributed by atoms with Crippen LogP contribution in [0.1, 0.15) is 62.1 Å². The molecule has 0 amide bonds. The number of benzene rings is 4. The first-order valence-corrected chi connectivity index (χ1v) is 13.6. The van der Waals surface area contributed by atoms with Crippen molar-refractivity contribution >= 4 is 32.3 Å². The second-order valence-corrected chi connectivity index (χ2v) is 11.5. The summed E-state index contributed by atoms with van der Waals surface area (Å²) in [6, 6.07) is 20.6. The number of hydrogen-bond acceptors (Lipinski definition) is 1. The monoisotopic (exact) mass is 472 g/mol. The molecule has 4 aromatic carbocycles. The molecule has 2 heterocycles. The number of hydrogen-bond donors (Lipinski definition) is 0. The molecule has 1 aliphatic heterocycles. The fourth-order valence-corrected chi connectivity index (χ4v) is 6.93. The molecule has 1 aromatic heterocycles. The molecule has 2 heteroatoms. The third-order valence-electron chi connectivity index (χ3n) is 8.64. The van der Waals surface area contributed by atoms with Crippen molar-refractivity contribution in [2.45, 2.75) is 58.8 Å². The Balaban J connectivity index is 1.58. The van der Waals surface area contributed by atoms with Gasteiger partial charge in [-0.25, -0.2) is 4.57 Å². The van der Waals surface area contributed by atoms with Crippen LogP contribution >= 0.6 is 0 Å². The highest BCUT2D eigenvalue weighted by Crippen LogP contribution is 2.52. The Labute approximate surface area is 213 Å². The quantitative estimate of drug-likeness (QED) is 0.185. The molecule has 1 saturated carbocycles.